The van der Waals surface area contributed by atoms with Gasteiger partial charge in [-0.25, -0.2) is 8.78 Å². The maximum absolute atomic E-state index is 14.3. The average molecular weight is 293 g/mol. The van der Waals surface area contributed by atoms with Crippen molar-refractivity contribution in [3.63, 3.8) is 0 Å². The van der Waals surface area contributed by atoms with Crippen LogP contribution in [0, 0.1) is 18.6 Å². The minimum atomic E-state index is -0.568. The first kappa shape index (κ1) is 13.0. The Labute approximate surface area is 126 Å². The molecular formula is C19H13F2N. The molecular weight excluding hydrogens is 280 g/mol. The molecule has 0 amide bonds. The van der Waals surface area contributed by atoms with Gasteiger partial charge in [0.2, 0.25) is 0 Å². The lowest BCUT2D eigenvalue weighted by Gasteiger charge is -2.08. The third-order valence-corrected chi connectivity index (χ3v) is 3.98. The zero-order chi connectivity index (χ0) is 15.3. The predicted molar refractivity (Wildman–Crippen MR) is 85.4 cm³/mol. The van der Waals surface area contributed by atoms with Crippen LogP contribution in [-0.2, 0) is 0 Å². The topological polar surface area (TPSA) is 4.93 Å². The van der Waals surface area contributed by atoms with E-state index in [2.05, 4.69) is 0 Å². The first-order valence-electron chi connectivity index (χ1n) is 7.10. The van der Waals surface area contributed by atoms with E-state index in [0.29, 0.717) is 10.9 Å². The molecule has 4 aromatic rings. The van der Waals surface area contributed by atoms with Gasteiger partial charge in [-0.1, -0.05) is 35.9 Å². The number of aryl methyl sites for hydroxylation is 1. The highest BCUT2D eigenvalue weighted by atomic mass is 19.1. The number of aromatic nitrogens is 1. The third-order valence-electron chi connectivity index (χ3n) is 3.98. The molecule has 1 nitrogen and oxygen atoms in total. The van der Waals surface area contributed by atoms with E-state index in [1.807, 2.05) is 60.0 Å². The number of fused-ring (bicyclic) bond motifs is 3. The summed E-state index contributed by atoms with van der Waals surface area (Å²) in [6.07, 6.45) is 0. The van der Waals surface area contributed by atoms with Crippen molar-refractivity contribution >= 4 is 21.8 Å². The minimum absolute atomic E-state index is 0.456. The van der Waals surface area contributed by atoms with E-state index in [4.69, 9.17) is 0 Å². The largest absolute Gasteiger partial charge is 0.309 e. The molecule has 0 radical (unpaired) electrons. The first-order chi connectivity index (χ1) is 10.6. The van der Waals surface area contributed by atoms with Gasteiger partial charge in [0.1, 0.15) is 11.6 Å². The summed E-state index contributed by atoms with van der Waals surface area (Å²) in [5.41, 5.74) is 3.44. The van der Waals surface area contributed by atoms with Crippen LogP contribution >= 0.6 is 0 Å². The Morgan fingerprint density at radius 1 is 0.818 bits per heavy atom. The van der Waals surface area contributed by atoms with Crippen molar-refractivity contribution in [2.24, 2.45) is 0 Å². The van der Waals surface area contributed by atoms with Crippen LogP contribution in [0.1, 0.15) is 5.56 Å². The highest BCUT2D eigenvalue weighted by Crippen LogP contribution is 2.34. The van der Waals surface area contributed by atoms with Crippen LogP contribution in [-0.4, -0.2) is 4.57 Å². The zero-order valence-electron chi connectivity index (χ0n) is 12.0. The van der Waals surface area contributed by atoms with Crippen molar-refractivity contribution in [2.45, 2.75) is 6.92 Å². The van der Waals surface area contributed by atoms with Gasteiger partial charge in [-0.05, 0) is 31.2 Å². The third kappa shape index (κ3) is 1.82. The number of para-hydroxylation sites is 1. The summed E-state index contributed by atoms with van der Waals surface area (Å²) >= 11 is 0. The molecule has 0 aliphatic carbocycles. The lowest BCUT2D eigenvalue weighted by Crippen LogP contribution is -1.94. The Morgan fingerprint density at radius 2 is 1.55 bits per heavy atom. The van der Waals surface area contributed by atoms with Crippen molar-refractivity contribution in [1.82, 2.24) is 4.57 Å². The quantitative estimate of drug-likeness (QED) is 0.444. The van der Waals surface area contributed by atoms with Crippen molar-refractivity contribution < 1.29 is 8.78 Å². The van der Waals surface area contributed by atoms with E-state index in [9.17, 15) is 8.78 Å². The lowest BCUT2D eigenvalue weighted by molar-refractivity contribution is 0.592. The van der Waals surface area contributed by atoms with Crippen LogP contribution in [0.5, 0.6) is 0 Å². The van der Waals surface area contributed by atoms with E-state index in [-0.39, 0.29) is 0 Å². The Hall–Kier alpha value is -2.68. The second kappa shape index (κ2) is 4.67. The normalized spacial score (nSPS) is 11.4. The van der Waals surface area contributed by atoms with Crippen molar-refractivity contribution in [2.75, 3.05) is 0 Å². The summed E-state index contributed by atoms with van der Waals surface area (Å²) in [6.45, 7) is 2.01. The Kier molecular flexibility index (Phi) is 2.76. The predicted octanol–water partition coefficient (Wildman–Crippen LogP) is 5.37. The van der Waals surface area contributed by atoms with Crippen LogP contribution in [0.4, 0.5) is 8.78 Å². The van der Waals surface area contributed by atoms with Crippen molar-refractivity contribution in [3.05, 3.63) is 77.9 Å². The maximum atomic E-state index is 14.3. The highest BCUT2D eigenvalue weighted by molar-refractivity contribution is 6.09. The number of nitrogens with zero attached hydrogens (tertiary/aromatic N) is 1. The van der Waals surface area contributed by atoms with Gasteiger partial charge >= 0.3 is 0 Å². The molecule has 0 spiro atoms. The Morgan fingerprint density at radius 3 is 2.32 bits per heavy atom. The van der Waals surface area contributed by atoms with Gasteiger partial charge in [0.05, 0.1) is 11.0 Å². The van der Waals surface area contributed by atoms with Crippen molar-refractivity contribution in [1.29, 1.82) is 0 Å². The molecule has 108 valence electrons. The van der Waals surface area contributed by atoms with Gasteiger partial charge in [0.15, 0.2) is 0 Å². The number of rotatable bonds is 1. The smallest absolute Gasteiger partial charge is 0.136 e. The van der Waals surface area contributed by atoms with Crippen molar-refractivity contribution in [3.8, 4) is 5.69 Å². The summed E-state index contributed by atoms with van der Waals surface area (Å²) in [5.74, 6) is -1.10. The molecule has 4 rings (SSSR count). The summed E-state index contributed by atoms with van der Waals surface area (Å²) in [7, 11) is 0. The van der Waals surface area contributed by atoms with Crippen LogP contribution in [0.2, 0.25) is 0 Å². The lowest BCUT2D eigenvalue weighted by atomic mass is 10.1. The Balaban J connectivity index is 2.21. The van der Waals surface area contributed by atoms with Gasteiger partial charge < -0.3 is 4.57 Å². The van der Waals surface area contributed by atoms with Crippen LogP contribution in [0.25, 0.3) is 27.5 Å². The second-order valence-electron chi connectivity index (χ2n) is 5.47. The molecule has 0 saturated carbocycles. The number of halogens is 2. The number of hydrogen-bond donors (Lipinski definition) is 0. The fourth-order valence-electron chi connectivity index (χ4n) is 2.98. The van der Waals surface area contributed by atoms with E-state index in [1.54, 1.807) is 0 Å². The Bertz CT molecular complexity index is 997. The molecule has 3 aromatic carbocycles. The van der Waals surface area contributed by atoms with Crippen LogP contribution in [0.3, 0.4) is 0 Å². The molecule has 0 aliphatic rings. The van der Waals surface area contributed by atoms with Gasteiger partial charge in [0.25, 0.3) is 0 Å². The minimum Gasteiger partial charge on any atom is -0.309 e. The van der Waals surface area contributed by atoms with E-state index in [0.717, 1.165) is 28.2 Å². The second-order valence-corrected chi connectivity index (χ2v) is 5.47. The fourth-order valence-corrected chi connectivity index (χ4v) is 2.98. The van der Waals surface area contributed by atoms with Gasteiger partial charge in [0, 0.05) is 22.5 Å². The maximum Gasteiger partial charge on any atom is 0.136 e. The number of hydrogen-bond acceptors (Lipinski definition) is 0. The summed E-state index contributed by atoms with van der Waals surface area (Å²) < 4.78 is 29.9. The molecule has 0 unspecified atom stereocenters. The number of benzene rings is 3. The molecule has 0 fully saturated rings. The average Bonchev–Trinajstić information content (AvgIpc) is 2.82. The molecule has 1 aromatic heterocycles. The summed E-state index contributed by atoms with van der Waals surface area (Å²) in [6, 6.07) is 17.8. The fraction of sp³-hybridized carbons (Fsp3) is 0.0526. The zero-order valence-corrected chi connectivity index (χ0v) is 12.0. The van der Waals surface area contributed by atoms with Gasteiger partial charge in [-0.15, -0.1) is 0 Å². The SMILES string of the molecule is Cc1ccc(-n2c3ccccc3c3c(F)cc(F)cc32)cc1. The monoisotopic (exact) mass is 293 g/mol. The van der Waals surface area contributed by atoms with Gasteiger partial charge in [-0.2, -0.15) is 0 Å². The molecule has 0 aliphatic heterocycles. The van der Waals surface area contributed by atoms with E-state index < -0.39 is 11.6 Å². The van der Waals surface area contributed by atoms with Crippen LogP contribution in [0.15, 0.2) is 60.7 Å². The molecule has 0 bridgehead atoms. The summed E-state index contributed by atoms with van der Waals surface area (Å²) in [4.78, 5) is 0. The molecule has 0 saturated heterocycles. The standard InChI is InChI=1S/C19H13F2N/c1-12-6-8-14(9-7-12)22-17-5-3-2-4-15(17)19-16(21)10-13(20)11-18(19)22/h2-11H,1H3. The van der Waals surface area contributed by atoms with Gasteiger partial charge in [-0.3, -0.25) is 0 Å². The molecule has 0 atom stereocenters. The van der Waals surface area contributed by atoms with Crippen LogP contribution < -0.4 is 0 Å². The molecule has 1 heterocycles. The summed E-state index contributed by atoms with van der Waals surface area (Å²) in [5, 5.41) is 1.24. The molecule has 22 heavy (non-hydrogen) atoms. The van der Waals surface area contributed by atoms with E-state index >= 15 is 0 Å². The molecule has 0 N–H and O–H groups in total. The van der Waals surface area contributed by atoms with E-state index in [1.165, 1.54) is 6.07 Å². The molecule has 3 heteroatoms. The highest BCUT2D eigenvalue weighted by Gasteiger charge is 2.16. The first-order valence-corrected chi connectivity index (χ1v) is 7.10.